The van der Waals surface area contributed by atoms with E-state index in [0.29, 0.717) is 12.0 Å². The van der Waals surface area contributed by atoms with Gasteiger partial charge in [-0.05, 0) is 43.4 Å². The van der Waals surface area contributed by atoms with Gasteiger partial charge in [-0.1, -0.05) is 27.7 Å². The number of morpholine rings is 1. The number of hydrogen-bond acceptors (Lipinski definition) is 2. The van der Waals surface area contributed by atoms with Crippen molar-refractivity contribution in [3.63, 3.8) is 0 Å². The molecule has 1 saturated carbocycles. The quantitative estimate of drug-likeness (QED) is 0.799. The standard InChI is InChI=1S/C15H29NO/c1-11(2)13-5-7-15(8-6-13)10-16-14(9-17-15)12(3)4/h11-14,16H,5-10H2,1-4H3. The van der Waals surface area contributed by atoms with Gasteiger partial charge in [0, 0.05) is 12.6 Å². The first-order chi connectivity index (χ1) is 8.02. The normalized spacial score (nSPS) is 39.2. The Morgan fingerprint density at radius 3 is 2.12 bits per heavy atom. The second-order valence-corrected chi connectivity index (χ2v) is 6.81. The highest BCUT2D eigenvalue weighted by atomic mass is 16.5. The SMILES string of the molecule is CC(C)C1CCC2(CC1)CNC(C(C)C)CO2. The minimum Gasteiger partial charge on any atom is -0.372 e. The van der Waals surface area contributed by atoms with Gasteiger partial charge in [-0.2, -0.15) is 0 Å². The molecule has 1 unspecified atom stereocenters. The fraction of sp³-hybridized carbons (Fsp3) is 1.00. The van der Waals surface area contributed by atoms with Crippen molar-refractivity contribution in [2.24, 2.45) is 17.8 Å². The van der Waals surface area contributed by atoms with E-state index in [1.807, 2.05) is 0 Å². The Morgan fingerprint density at radius 2 is 1.71 bits per heavy atom. The summed E-state index contributed by atoms with van der Waals surface area (Å²) in [6, 6.07) is 0.559. The lowest BCUT2D eigenvalue weighted by atomic mass is 9.74. The minimum atomic E-state index is 0.177. The van der Waals surface area contributed by atoms with Gasteiger partial charge in [0.2, 0.25) is 0 Å². The maximum absolute atomic E-state index is 6.25. The van der Waals surface area contributed by atoms with Crippen molar-refractivity contribution in [1.82, 2.24) is 5.32 Å². The van der Waals surface area contributed by atoms with Crippen LogP contribution in [0.5, 0.6) is 0 Å². The highest BCUT2D eigenvalue weighted by Crippen LogP contribution is 2.39. The average molecular weight is 239 g/mol. The van der Waals surface area contributed by atoms with Crippen LogP contribution < -0.4 is 5.32 Å². The predicted octanol–water partition coefficient (Wildman–Crippen LogP) is 3.22. The molecule has 17 heavy (non-hydrogen) atoms. The predicted molar refractivity (Wildman–Crippen MR) is 72.1 cm³/mol. The molecular weight excluding hydrogens is 210 g/mol. The molecule has 2 nitrogen and oxygen atoms in total. The fourth-order valence-corrected chi connectivity index (χ4v) is 3.28. The second-order valence-electron chi connectivity index (χ2n) is 6.81. The molecule has 1 atom stereocenters. The van der Waals surface area contributed by atoms with Crippen LogP contribution in [0.25, 0.3) is 0 Å². The first kappa shape index (κ1) is 13.4. The second kappa shape index (κ2) is 5.27. The highest BCUT2D eigenvalue weighted by Gasteiger charge is 2.40. The van der Waals surface area contributed by atoms with Gasteiger partial charge >= 0.3 is 0 Å². The zero-order valence-corrected chi connectivity index (χ0v) is 12.0. The van der Waals surface area contributed by atoms with E-state index in [0.717, 1.165) is 25.0 Å². The van der Waals surface area contributed by atoms with Crippen molar-refractivity contribution >= 4 is 0 Å². The summed E-state index contributed by atoms with van der Waals surface area (Å²) in [5.41, 5.74) is 0.177. The van der Waals surface area contributed by atoms with Crippen molar-refractivity contribution in [2.45, 2.75) is 65.0 Å². The fourth-order valence-electron chi connectivity index (χ4n) is 3.28. The highest BCUT2D eigenvalue weighted by molar-refractivity contribution is 4.94. The molecule has 0 aromatic rings. The lowest BCUT2D eigenvalue weighted by molar-refractivity contribution is -0.116. The Balaban J connectivity index is 1.84. The zero-order valence-electron chi connectivity index (χ0n) is 12.0. The summed E-state index contributed by atoms with van der Waals surface area (Å²) in [6.07, 6.45) is 5.22. The summed E-state index contributed by atoms with van der Waals surface area (Å²) in [7, 11) is 0. The summed E-state index contributed by atoms with van der Waals surface area (Å²) in [5.74, 6) is 2.44. The van der Waals surface area contributed by atoms with E-state index < -0.39 is 0 Å². The molecule has 2 rings (SSSR count). The molecule has 0 aromatic heterocycles. The van der Waals surface area contributed by atoms with E-state index in [2.05, 4.69) is 33.0 Å². The molecule has 2 aliphatic rings. The van der Waals surface area contributed by atoms with Crippen LogP contribution in [0.1, 0.15) is 53.4 Å². The number of hydrogen-bond donors (Lipinski definition) is 1. The van der Waals surface area contributed by atoms with Crippen molar-refractivity contribution in [1.29, 1.82) is 0 Å². The molecule has 1 aliphatic carbocycles. The smallest absolute Gasteiger partial charge is 0.0807 e. The number of rotatable bonds is 2. The average Bonchev–Trinajstić information content (AvgIpc) is 2.30. The molecule has 2 fully saturated rings. The first-order valence-electron chi connectivity index (χ1n) is 7.40. The van der Waals surface area contributed by atoms with E-state index in [-0.39, 0.29) is 5.60 Å². The van der Waals surface area contributed by atoms with E-state index in [1.165, 1.54) is 25.7 Å². The molecule has 0 bridgehead atoms. The van der Waals surface area contributed by atoms with Crippen molar-refractivity contribution < 1.29 is 4.74 Å². The molecular formula is C15H29NO. The third kappa shape index (κ3) is 3.03. The monoisotopic (exact) mass is 239 g/mol. The minimum absolute atomic E-state index is 0.177. The molecule has 1 aliphatic heterocycles. The molecule has 1 N–H and O–H groups in total. The van der Waals surface area contributed by atoms with Gasteiger partial charge in [-0.25, -0.2) is 0 Å². The third-order valence-electron chi connectivity index (χ3n) is 4.94. The van der Waals surface area contributed by atoms with E-state index in [4.69, 9.17) is 4.74 Å². The molecule has 1 saturated heterocycles. The van der Waals surface area contributed by atoms with Crippen molar-refractivity contribution in [3.8, 4) is 0 Å². The zero-order chi connectivity index (χ0) is 12.5. The Labute approximate surface area is 107 Å². The van der Waals surface area contributed by atoms with Crippen LogP contribution in [-0.2, 0) is 4.74 Å². The van der Waals surface area contributed by atoms with E-state index in [9.17, 15) is 0 Å². The van der Waals surface area contributed by atoms with E-state index in [1.54, 1.807) is 0 Å². The van der Waals surface area contributed by atoms with Gasteiger partial charge in [0.15, 0.2) is 0 Å². The molecule has 1 heterocycles. The summed E-state index contributed by atoms with van der Waals surface area (Å²) in [5, 5.41) is 3.70. The van der Waals surface area contributed by atoms with Crippen LogP contribution >= 0.6 is 0 Å². The van der Waals surface area contributed by atoms with Crippen LogP contribution in [-0.4, -0.2) is 24.8 Å². The van der Waals surface area contributed by atoms with Crippen LogP contribution in [0, 0.1) is 17.8 Å². The lowest BCUT2D eigenvalue weighted by Gasteiger charge is -2.46. The Bertz CT molecular complexity index is 204. The summed E-state index contributed by atoms with van der Waals surface area (Å²) < 4.78 is 6.25. The maximum atomic E-state index is 6.25. The van der Waals surface area contributed by atoms with Gasteiger partial charge in [0.1, 0.15) is 0 Å². The molecule has 100 valence electrons. The van der Waals surface area contributed by atoms with Crippen LogP contribution in [0.4, 0.5) is 0 Å². The lowest BCUT2D eigenvalue weighted by Crippen LogP contribution is -2.57. The molecule has 0 amide bonds. The van der Waals surface area contributed by atoms with Crippen LogP contribution in [0.3, 0.4) is 0 Å². The van der Waals surface area contributed by atoms with Crippen LogP contribution in [0.2, 0.25) is 0 Å². The molecule has 0 radical (unpaired) electrons. The van der Waals surface area contributed by atoms with Gasteiger partial charge < -0.3 is 10.1 Å². The number of nitrogens with one attached hydrogen (secondary N) is 1. The molecule has 0 aromatic carbocycles. The van der Waals surface area contributed by atoms with Gasteiger partial charge in [-0.3, -0.25) is 0 Å². The Hall–Kier alpha value is -0.0800. The molecule has 1 spiro atoms. The molecule has 2 heteroatoms. The van der Waals surface area contributed by atoms with Crippen molar-refractivity contribution in [3.05, 3.63) is 0 Å². The van der Waals surface area contributed by atoms with Crippen molar-refractivity contribution in [2.75, 3.05) is 13.2 Å². The van der Waals surface area contributed by atoms with Gasteiger partial charge in [-0.15, -0.1) is 0 Å². The van der Waals surface area contributed by atoms with E-state index >= 15 is 0 Å². The third-order valence-corrected chi connectivity index (χ3v) is 4.94. The van der Waals surface area contributed by atoms with Gasteiger partial charge in [0.25, 0.3) is 0 Å². The maximum Gasteiger partial charge on any atom is 0.0807 e. The summed E-state index contributed by atoms with van der Waals surface area (Å²) in [4.78, 5) is 0. The first-order valence-corrected chi connectivity index (χ1v) is 7.40. The number of ether oxygens (including phenoxy) is 1. The summed E-state index contributed by atoms with van der Waals surface area (Å²) in [6.45, 7) is 11.2. The van der Waals surface area contributed by atoms with Crippen LogP contribution in [0.15, 0.2) is 0 Å². The summed E-state index contributed by atoms with van der Waals surface area (Å²) >= 11 is 0. The van der Waals surface area contributed by atoms with Gasteiger partial charge in [0.05, 0.1) is 12.2 Å². The Morgan fingerprint density at radius 1 is 1.06 bits per heavy atom. The Kier molecular flexibility index (Phi) is 4.14. The topological polar surface area (TPSA) is 21.3 Å². The largest absolute Gasteiger partial charge is 0.372 e.